The van der Waals surface area contributed by atoms with Crippen LogP contribution in [0, 0.1) is 0 Å². The number of nitrogens with one attached hydrogen (secondary N) is 1. The molecule has 1 fully saturated rings. The maximum atomic E-state index is 9.61. The van der Waals surface area contributed by atoms with Crippen molar-refractivity contribution in [1.82, 2.24) is 9.97 Å². The Hall–Kier alpha value is -1.07. The molecule has 0 bridgehead atoms. The van der Waals surface area contributed by atoms with Crippen molar-refractivity contribution < 1.29 is 5.11 Å². The molecule has 1 saturated heterocycles. The predicted octanol–water partition coefficient (Wildman–Crippen LogP) is 2.69. The van der Waals surface area contributed by atoms with Crippen LogP contribution in [0.2, 0.25) is 5.02 Å². The summed E-state index contributed by atoms with van der Waals surface area (Å²) in [5.41, 5.74) is 0. The Morgan fingerprint density at radius 1 is 1.45 bits per heavy atom. The highest BCUT2D eigenvalue weighted by molar-refractivity contribution is 6.32. The lowest BCUT2D eigenvalue weighted by Crippen LogP contribution is -2.38. The number of halogens is 1. The molecule has 1 aliphatic heterocycles. The third kappa shape index (κ3) is 3.73. The molecule has 1 aromatic rings. The third-order valence-corrected chi connectivity index (χ3v) is 3.89. The van der Waals surface area contributed by atoms with Crippen molar-refractivity contribution in [2.24, 2.45) is 0 Å². The van der Waals surface area contributed by atoms with Crippen LogP contribution in [-0.2, 0) is 0 Å². The summed E-state index contributed by atoms with van der Waals surface area (Å²) in [6, 6.07) is 0.101. The van der Waals surface area contributed by atoms with E-state index in [0.717, 1.165) is 44.6 Å². The Labute approximate surface area is 125 Å². The Morgan fingerprint density at radius 3 is 3.05 bits per heavy atom. The molecule has 5 nitrogen and oxygen atoms in total. The SMILES string of the molecule is CCCNc1ncc(Cl)c(N2CCCCCC2CO)n1. The molecular formula is C14H23ClN4O. The summed E-state index contributed by atoms with van der Waals surface area (Å²) in [6.07, 6.45) is 7.08. The zero-order chi connectivity index (χ0) is 14.4. The number of aromatic nitrogens is 2. The minimum atomic E-state index is 0.101. The molecule has 0 saturated carbocycles. The van der Waals surface area contributed by atoms with Gasteiger partial charge in [0.15, 0.2) is 5.82 Å². The fourth-order valence-corrected chi connectivity index (χ4v) is 2.73. The lowest BCUT2D eigenvalue weighted by Gasteiger charge is -2.30. The molecule has 2 heterocycles. The summed E-state index contributed by atoms with van der Waals surface area (Å²) in [7, 11) is 0. The van der Waals surface area contributed by atoms with Crippen molar-refractivity contribution in [3.63, 3.8) is 0 Å². The summed E-state index contributed by atoms with van der Waals surface area (Å²) in [5.74, 6) is 1.34. The van der Waals surface area contributed by atoms with Gasteiger partial charge >= 0.3 is 0 Å². The number of hydrogen-bond acceptors (Lipinski definition) is 5. The van der Waals surface area contributed by atoms with E-state index in [-0.39, 0.29) is 12.6 Å². The fraction of sp³-hybridized carbons (Fsp3) is 0.714. The number of hydrogen-bond donors (Lipinski definition) is 2. The van der Waals surface area contributed by atoms with E-state index in [1.165, 1.54) is 6.42 Å². The largest absolute Gasteiger partial charge is 0.394 e. The minimum absolute atomic E-state index is 0.101. The monoisotopic (exact) mass is 298 g/mol. The Kier molecular flexibility index (Phi) is 5.86. The molecule has 0 aromatic carbocycles. The van der Waals surface area contributed by atoms with Gasteiger partial charge in [0.2, 0.25) is 5.95 Å². The lowest BCUT2D eigenvalue weighted by molar-refractivity contribution is 0.254. The van der Waals surface area contributed by atoms with Crippen LogP contribution in [0.3, 0.4) is 0 Å². The molecule has 2 rings (SSSR count). The molecule has 1 aliphatic rings. The van der Waals surface area contributed by atoms with Gasteiger partial charge in [0.05, 0.1) is 18.8 Å². The quantitative estimate of drug-likeness (QED) is 0.875. The molecule has 0 radical (unpaired) electrons. The fourth-order valence-electron chi connectivity index (χ4n) is 2.53. The summed E-state index contributed by atoms with van der Waals surface area (Å²) in [5, 5.41) is 13.3. The molecule has 1 aromatic heterocycles. The van der Waals surface area contributed by atoms with Gasteiger partial charge in [-0.15, -0.1) is 0 Å². The van der Waals surface area contributed by atoms with Gasteiger partial charge in [-0.25, -0.2) is 4.98 Å². The number of aliphatic hydroxyl groups excluding tert-OH is 1. The highest BCUT2D eigenvalue weighted by Crippen LogP contribution is 2.29. The van der Waals surface area contributed by atoms with E-state index in [4.69, 9.17) is 11.6 Å². The van der Waals surface area contributed by atoms with Crippen LogP contribution < -0.4 is 10.2 Å². The molecular weight excluding hydrogens is 276 g/mol. The van der Waals surface area contributed by atoms with Crippen LogP contribution in [-0.4, -0.2) is 40.8 Å². The molecule has 2 N–H and O–H groups in total. The van der Waals surface area contributed by atoms with Crippen molar-refractivity contribution in [2.75, 3.05) is 29.9 Å². The second-order valence-corrected chi connectivity index (χ2v) is 5.58. The zero-order valence-corrected chi connectivity index (χ0v) is 12.7. The smallest absolute Gasteiger partial charge is 0.224 e. The number of aliphatic hydroxyl groups is 1. The van der Waals surface area contributed by atoms with Crippen LogP contribution in [0.4, 0.5) is 11.8 Å². The van der Waals surface area contributed by atoms with Crippen molar-refractivity contribution in [3.8, 4) is 0 Å². The highest BCUT2D eigenvalue weighted by atomic mass is 35.5. The van der Waals surface area contributed by atoms with Gasteiger partial charge in [-0.1, -0.05) is 31.4 Å². The first-order valence-electron chi connectivity index (χ1n) is 7.40. The maximum absolute atomic E-state index is 9.61. The number of anilines is 2. The van der Waals surface area contributed by atoms with Gasteiger partial charge in [0, 0.05) is 13.1 Å². The van der Waals surface area contributed by atoms with E-state index >= 15 is 0 Å². The van der Waals surface area contributed by atoms with E-state index in [1.807, 2.05) is 0 Å². The molecule has 0 aliphatic carbocycles. The topological polar surface area (TPSA) is 61.3 Å². The first-order chi connectivity index (χ1) is 9.76. The number of rotatable bonds is 5. The maximum Gasteiger partial charge on any atom is 0.224 e. The lowest BCUT2D eigenvalue weighted by atomic mass is 10.1. The average molecular weight is 299 g/mol. The highest BCUT2D eigenvalue weighted by Gasteiger charge is 2.24. The second-order valence-electron chi connectivity index (χ2n) is 5.17. The summed E-state index contributed by atoms with van der Waals surface area (Å²) >= 11 is 6.26. The summed E-state index contributed by atoms with van der Waals surface area (Å²) in [4.78, 5) is 10.9. The Bertz CT molecular complexity index is 430. The van der Waals surface area contributed by atoms with Crippen molar-refractivity contribution in [2.45, 2.75) is 45.1 Å². The average Bonchev–Trinajstić information content (AvgIpc) is 2.71. The molecule has 1 atom stereocenters. The molecule has 20 heavy (non-hydrogen) atoms. The second kappa shape index (κ2) is 7.64. The van der Waals surface area contributed by atoms with Crippen LogP contribution in [0.1, 0.15) is 39.0 Å². The van der Waals surface area contributed by atoms with Crippen molar-refractivity contribution in [3.05, 3.63) is 11.2 Å². The van der Waals surface area contributed by atoms with Crippen LogP contribution in [0.5, 0.6) is 0 Å². The third-order valence-electron chi connectivity index (χ3n) is 3.62. The Balaban J connectivity index is 2.23. The van der Waals surface area contributed by atoms with Crippen molar-refractivity contribution in [1.29, 1.82) is 0 Å². The van der Waals surface area contributed by atoms with E-state index in [2.05, 4.69) is 27.1 Å². The summed E-state index contributed by atoms with van der Waals surface area (Å²) in [6.45, 7) is 3.96. The van der Waals surface area contributed by atoms with Gasteiger partial charge in [-0.2, -0.15) is 4.98 Å². The normalized spacial score (nSPS) is 19.8. The van der Waals surface area contributed by atoms with Gasteiger partial charge < -0.3 is 15.3 Å². The van der Waals surface area contributed by atoms with E-state index < -0.39 is 0 Å². The van der Waals surface area contributed by atoms with Crippen LogP contribution in [0.15, 0.2) is 6.20 Å². The minimum Gasteiger partial charge on any atom is -0.394 e. The Morgan fingerprint density at radius 2 is 2.30 bits per heavy atom. The summed E-state index contributed by atoms with van der Waals surface area (Å²) < 4.78 is 0. The predicted molar refractivity (Wildman–Crippen MR) is 82.5 cm³/mol. The molecule has 0 amide bonds. The van der Waals surface area contributed by atoms with Gasteiger partial charge in [-0.05, 0) is 19.3 Å². The van der Waals surface area contributed by atoms with Crippen LogP contribution in [0.25, 0.3) is 0 Å². The van der Waals surface area contributed by atoms with E-state index in [0.29, 0.717) is 11.0 Å². The molecule has 6 heteroatoms. The standard InChI is InChI=1S/C14H23ClN4O/c1-2-7-16-14-17-9-12(15)13(18-14)19-8-5-3-4-6-11(19)10-20/h9,11,20H,2-8,10H2,1H3,(H,16,17,18). The van der Waals surface area contributed by atoms with E-state index in [1.54, 1.807) is 6.20 Å². The van der Waals surface area contributed by atoms with Gasteiger partial charge in [0.1, 0.15) is 5.02 Å². The molecule has 0 spiro atoms. The van der Waals surface area contributed by atoms with E-state index in [9.17, 15) is 5.11 Å². The first kappa shape index (κ1) is 15.3. The molecule has 1 unspecified atom stereocenters. The molecule has 112 valence electrons. The van der Waals surface area contributed by atoms with Crippen molar-refractivity contribution >= 4 is 23.4 Å². The zero-order valence-electron chi connectivity index (χ0n) is 12.0. The first-order valence-corrected chi connectivity index (χ1v) is 7.78. The number of nitrogens with zero attached hydrogens (tertiary/aromatic N) is 3. The van der Waals surface area contributed by atoms with Gasteiger partial charge in [0.25, 0.3) is 0 Å². The van der Waals surface area contributed by atoms with Gasteiger partial charge in [-0.3, -0.25) is 0 Å². The van der Waals surface area contributed by atoms with Crippen LogP contribution >= 0.6 is 11.6 Å².